The molecule has 2 saturated carbocycles. The number of ether oxygens (including phenoxy) is 2. The monoisotopic (exact) mass is 465 g/mol. The number of hydrogen-bond acceptors (Lipinski definition) is 5. The van der Waals surface area contributed by atoms with Crippen LogP contribution >= 0.6 is 0 Å². The van der Waals surface area contributed by atoms with Gasteiger partial charge in [0.1, 0.15) is 6.10 Å². The van der Waals surface area contributed by atoms with Gasteiger partial charge >= 0.3 is 6.09 Å². The lowest BCUT2D eigenvalue weighted by Crippen LogP contribution is -2.48. The van der Waals surface area contributed by atoms with Crippen LogP contribution in [-0.2, 0) is 19.7 Å². The molecule has 0 bridgehead atoms. The van der Waals surface area contributed by atoms with E-state index < -0.39 is 0 Å². The second kappa shape index (κ2) is 7.44. The van der Waals surface area contributed by atoms with Crippen molar-refractivity contribution in [1.82, 2.24) is 9.80 Å². The van der Waals surface area contributed by atoms with Gasteiger partial charge in [-0.2, -0.15) is 0 Å². The Balaban J connectivity index is 1.03. The largest absolute Gasteiger partial charge is 0.444 e. The molecule has 4 aliphatic heterocycles. The number of hydrogen-bond donors (Lipinski definition) is 0. The Morgan fingerprint density at radius 2 is 1.94 bits per heavy atom. The molecule has 5 atom stereocenters. The van der Waals surface area contributed by atoms with Crippen molar-refractivity contribution in [2.75, 3.05) is 37.7 Å². The molecule has 4 unspecified atom stereocenters. The molecule has 2 amide bonds. The van der Waals surface area contributed by atoms with Crippen molar-refractivity contribution in [2.45, 2.75) is 81.0 Å². The number of carbonyl (C=O) groups is 2. The van der Waals surface area contributed by atoms with E-state index in [1.54, 1.807) is 6.92 Å². The number of carbonyl (C=O) groups excluding carboxylic acids is 2. The lowest BCUT2D eigenvalue weighted by atomic mass is 9.74. The Hall–Kier alpha value is -2.12. The molecule has 182 valence electrons. The summed E-state index contributed by atoms with van der Waals surface area (Å²) in [5.41, 5.74) is 2.62. The third-order valence-corrected chi connectivity index (χ3v) is 10.1. The van der Waals surface area contributed by atoms with Gasteiger partial charge in [0.2, 0.25) is 5.91 Å². The van der Waals surface area contributed by atoms with Gasteiger partial charge in [-0.1, -0.05) is 18.2 Å². The number of rotatable bonds is 2. The zero-order chi connectivity index (χ0) is 23.1. The van der Waals surface area contributed by atoms with E-state index >= 15 is 0 Å². The second-order valence-electron chi connectivity index (χ2n) is 11.6. The van der Waals surface area contributed by atoms with Crippen LogP contribution in [0.25, 0.3) is 0 Å². The van der Waals surface area contributed by atoms with E-state index in [1.165, 1.54) is 18.4 Å². The van der Waals surface area contributed by atoms with Crippen molar-refractivity contribution in [3.63, 3.8) is 0 Å². The smallest absolute Gasteiger partial charge is 0.411 e. The van der Waals surface area contributed by atoms with Crippen LogP contribution in [0.2, 0.25) is 0 Å². The average molecular weight is 466 g/mol. The van der Waals surface area contributed by atoms with Gasteiger partial charge in [0, 0.05) is 37.0 Å². The van der Waals surface area contributed by atoms with E-state index in [4.69, 9.17) is 9.47 Å². The molecule has 34 heavy (non-hydrogen) atoms. The van der Waals surface area contributed by atoms with Crippen LogP contribution in [0, 0.1) is 5.92 Å². The highest BCUT2D eigenvalue weighted by atomic mass is 16.6. The van der Waals surface area contributed by atoms with Gasteiger partial charge in [-0.25, -0.2) is 4.79 Å². The molecule has 0 N–H and O–H groups in total. The summed E-state index contributed by atoms with van der Waals surface area (Å²) in [6.45, 7) is 5.89. The number of fused-ring (bicyclic) bond motifs is 2. The molecule has 1 aromatic rings. The molecule has 7 heteroatoms. The topological polar surface area (TPSA) is 62.1 Å². The second-order valence-corrected chi connectivity index (χ2v) is 11.6. The fourth-order valence-corrected chi connectivity index (χ4v) is 8.42. The highest BCUT2D eigenvalue weighted by Crippen LogP contribution is 2.65. The first-order valence-electron chi connectivity index (χ1n) is 13.2. The van der Waals surface area contributed by atoms with E-state index in [1.807, 2.05) is 11.0 Å². The van der Waals surface area contributed by atoms with Crippen molar-refractivity contribution in [3.8, 4) is 0 Å². The molecule has 0 aromatic heterocycles. The predicted molar refractivity (Wildman–Crippen MR) is 127 cm³/mol. The molecule has 2 spiro atoms. The van der Waals surface area contributed by atoms with Crippen LogP contribution in [0.5, 0.6) is 0 Å². The SMILES string of the molecule is CC(=O)N1CC2(CCN(C3CC4CCC5N(C(=O)O[C@@H]6CCOC6)C45C3)CC2)c2ccccc21. The minimum atomic E-state index is -0.102. The lowest BCUT2D eigenvalue weighted by molar-refractivity contribution is -0.116. The minimum absolute atomic E-state index is 0.0573. The van der Waals surface area contributed by atoms with Gasteiger partial charge in [0.25, 0.3) is 0 Å². The third kappa shape index (κ3) is 2.89. The number of amides is 2. The number of nitrogens with zero attached hydrogens (tertiary/aromatic N) is 3. The third-order valence-electron chi connectivity index (χ3n) is 10.1. The average Bonchev–Trinajstić information content (AvgIpc) is 3.35. The highest BCUT2D eigenvalue weighted by molar-refractivity contribution is 5.94. The van der Waals surface area contributed by atoms with E-state index in [0.29, 0.717) is 31.2 Å². The maximum Gasteiger partial charge on any atom is 0.411 e. The van der Waals surface area contributed by atoms with Crippen LogP contribution in [0.3, 0.4) is 0 Å². The van der Waals surface area contributed by atoms with Crippen LogP contribution in [0.15, 0.2) is 24.3 Å². The lowest BCUT2D eigenvalue weighted by Gasteiger charge is -2.42. The standard InChI is InChI=1S/C27H35N3O4/c1-18(31)29-17-26(22-4-2-3-5-23(22)29)9-11-28(12-10-26)20-14-19-6-7-24-27(19,15-20)30(24)25(32)34-21-8-13-33-16-21/h2-5,19-21,24H,6-17H2,1H3/t19?,20?,21-,24?,27?,30?/m1/s1. The van der Waals surface area contributed by atoms with Crippen LogP contribution in [0.4, 0.5) is 10.5 Å². The molecule has 3 saturated heterocycles. The fraction of sp³-hybridized carbons (Fsp3) is 0.704. The minimum Gasteiger partial charge on any atom is -0.444 e. The van der Waals surface area contributed by atoms with E-state index in [2.05, 4.69) is 28.0 Å². The van der Waals surface area contributed by atoms with Crippen molar-refractivity contribution in [1.29, 1.82) is 0 Å². The number of piperidine rings is 2. The molecule has 7 rings (SSSR count). The quantitative estimate of drug-likeness (QED) is 0.627. The number of para-hydroxylation sites is 1. The molecule has 6 aliphatic rings. The van der Waals surface area contributed by atoms with Gasteiger partial charge in [-0.3, -0.25) is 9.69 Å². The van der Waals surface area contributed by atoms with E-state index in [-0.39, 0.29) is 29.1 Å². The van der Waals surface area contributed by atoms with Gasteiger partial charge in [-0.15, -0.1) is 0 Å². The van der Waals surface area contributed by atoms with Crippen molar-refractivity contribution < 1.29 is 19.1 Å². The van der Waals surface area contributed by atoms with Gasteiger partial charge in [-0.05, 0) is 69.2 Å². The Morgan fingerprint density at radius 3 is 2.71 bits per heavy atom. The number of benzene rings is 1. The van der Waals surface area contributed by atoms with E-state index in [9.17, 15) is 9.59 Å². The molecular formula is C27H35N3O4. The number of likely N-dealkylation sites (tertiary alicyclic amines) is 2. The Labute approximate surface area is 201 Å². The summed E-state index contributed by atoms with van der Waals surface area (Å²) in [6, 6.07) is 9.45. The summed E-state index contributed by atoms with van der Waals surface area (Å²) in [5.74, 6) is 0.761. The van der Waals surface area contributed by atoms with Gasteiger partial charge in [0.05, 0.1) is 24.8 Å². The first-order valence-corrected chi connectivity index (χ1v) is 13.2. The summed E-state index contributed by atoms with van der Waals surface area (Å²) in [7, 11) is 0. The summed E-state index contributed by atoms with van der Waals surface area (Å²) >= 11 is 0. The summed E-state index contributed by atoms with van der Waals surface area (Å²) in [5, 5.41) is 0. The van der Waals surface area contributed by atoms with Crippen molar-refractivity contribution >= 4 is 17.7 Å². The van der Waals surface area contributed by atoms with Crippen LogP contribution in [-0.4, -0.2) is 78.4 Å². The normalized spacial score (nSPS) is 37.6. The molecule has 1 aromatic carbocycles. The summed E-state index contributed by atoms with van der Waals surface area (Å²) in [4.78, 5) is 32.1. The first kappa shape index (κ1) is 21.2. The van der Waals surface area contributed by atoms with Crippen LogP contribution in [0.1, 0.15) is 57.4 Å². The van der Waals surface area contributed by atoms with Gasteiger partial charge < -0.3 is 19.3 Å². The summed E-state index contributed by atoms with van der Waals surface area (Å²) in [6.07, 6.45) is 7.53. The van der Waals surface area contributed by atoms with E-state index in [0.717, 1.165) is 57.4 Å². The predicted octanol–water partition coefficient (Wildman–Crippen LogP) is 3.31. The Kier molecular flexibility index (Phi) is 4.64. The van der Waals surface area contributed by atoms with Gasteiger partial charge in [0.15, 0.2) is 0 Å². The Morgan fingerprint density at radius 1 is 1.12 bits per heavy atom. The zero-order valence-electron chi connectivity index (χ0n) is 20.1. The Bertz CT molecular complexity index is 1010. The molecule has 7 nitrogen and oxygen atoms in total. The molecule has 4 heterocycles. The molecular weight excluding hydrogens is 430 g/mol. The first-order chi connectivity index (χ1) is 16.5. The van der Waals surface area contributed by atoms with Crippen molar-refractivity contribution in [3.05, 3.63) is 29.8 Å². The number of anilines is 1. The maximum absolute atomic E-state index is 13.0. The summed E-state index contributed by atoms with van der Waals surface area (Å²) < 4.78 is 11.2. The van der Waals surface area contributed by atoms with Crippen LogP contribution < -0.4 is 4.90 Å². The zero-order valence-corrected chi connectivity index (χ0v) is 20.1. The molecule has 5 fully saturated rings. The fourth-order valence-electron chi connectivity index (χ4n) is 8.42. The molecule has 0 radical (unpaired) electrons. The maximum atomic E-state index is 13.0. The molecule has 2 aliphatic carbocycles. The highest BCUT2D eigenvalue weighted by Gasteiger charge is 2.75. The van der Waals surface area contributed by atoms with Crippen molar-refractivity contribution in [2.24, 2.45) is 5.92 Å².